The SMILES string of the molecule is C[C@@H](C(=O)N[C@H](C(=O)N1CC[C@H]2NC[C@H](C=O)[C@H]21)C1CCCCC1)N(C)C(=O)OC(C)(C)C. The Morgan fingerprint density at radius 2 is 1.82 bits per heavy atom. The summed E-state index contributed by atoms with van der Waals surface area (Å²) in [5.41, 5.74) is -0.668. The molecule has 0 radical (unpaired) electrons. The van der Waals surface area contributed by atoms with E-state index in [9.17, 15) is 19.2 Å². The summed E-state index contributed by atoms with van der Waals surface area (Å²) < 4.78 is 5.38. The fraction of sp³-hybridized carbons (Fsp3) is 0.833. The van der Waals surface area contributed by atoms with Crippen LogP contribution in [-0.4, -0.2) is 83.9 Å². The number of ether oxygens (including phenoxy) is 1. The number of amides is 3. The molecule has 3 fully saturated rings. The Balaban J connectivity index is 1.74. The lowest BCUT2D eigenvalue weighted by molar-refractivity contribution is -0.141. The van der Waals surface area contributed by atoms with E-state index in [1.807, 2.05) is 4.90 Å². The third-order valence-corrected chi connectivity index (χ3v) is 7.29. The van der Waals surface area contributed by atoms with E-state index in [2.05, 4.69) is 10.6 Å². The highest BCUT2D eigenvalue weighted by Gasteiger charge is 2.48. The molecular formula is C24H40N4O5. The lowest BCUT2D eigenvalue weighted by Gasteiger charge is -2.36. The minimum atomic E-state index is -0.791. The van der Waals surface area contributed by atoms with Gasteiger partial charge in [0, 0.05) is 32.1 Å². The van der Waals surface area contributed by atoms with Crippen molar-refractivity contribution in [3.8, 4) is 0 Å². The first-order valence-corrected chi connectivity index (χ1v) is 12.3. The Bertz CT molecular complexity index is 746. The van der Waals surface area contributed by atoms with Crippen LogP contribution in [-0.2, 0) is 19.1 Å². The molecule has 0 aromatic carbocycles. The summed E-state index contributed by atoms with van der Waals surface area (Å²) in [6.07, 6.45) is 6.12. The van der Waals surface area contributed by atoms with Gasteiger partial charge in [0.25, 0.3) is 0 Å². The van der Waals surface area contributed by atoms with Gasteiger partial charge in [0.2, 0.25) is 11.8 Å². The lowest BCUT2D eigenvalue weighted by atomic mass is 9.83. The average molecular weight is 465 g/mol. The average Bonchev–Trinajstić information content (AvgIpc) is 3.37. The molecule has 0 spiro atoms. The molecular weight excluding hydrogens is 424 g/mol. The minimum absolute atomic E-state index is 0.0531. The van der Waals surface area contributed by atoms with Crippen LogP contribution in [0.2, 0.25) is 0 Å². The van der Waals surface area contributed by atoms with Crippen LogP contribution in [0.5, 0.6) is 0 Å². The van der Waals surface area contributed by atoms with Crippen molar-refractivity contribution in [2.45, 2.75) is 96.0 Å². The van der Waals surface area contributed by atoms with Crippen molar-refractivity contribution >= 4 is 24.2 Å². The number of carbonyl (C=O) groups is 4. The highest BCUT2D eigenvalue weighted by Crippen LogP contribution is 2.32. The van der Waals surface area contributed by atoms with Crippen molar-refractivity contribution in [2.24, 2.45) is 11.8 Å². The monoisotopic (exact) mass is 464 g/mol. The van der Waals surface area contributed by atoms with Gasteiger partial charge >= 0.3 is 6.09 Å². The number of aldehydes is 1. The maximum atomic E-state index is 13.8. The molecule has 0 unspecified atom stereocenters. The Hall–Kier alpha value is -2.16. The molecule has 3 rings (SSSR count). The second kappa shape index (κ2) is 10.4. The summed E-state index contributed by atoms with van der Waals surface area (Å²) in [4.78, 5) is 54.0. The van der Waals surface area contributed by atoms with Crippen LogP contribution >= 0.6 is 0 Å². The standard InChI is InChI=1S/C24H40N4O5/c1-15(27(5)23(32)33-24(2,3)4)21(30)26-19(16-9-7-6-8-10-16)22(31)28-12-11-18-20(28)17(14-29)13-25-18/h14-20,25H,6-13H2,1-5H3,(H,26,30)/t15-,17+,18+,19-,20+/m0/s1. The van der Waals surface area contributed by atoms with Gasteiger partial charge in [-0.3, -0.25) is 14.5 Å². The summed E-state index contributed by atoms with van der Waals surface area (Å²) in [6.45, 7) is 8.12. The van der Waals surface area contributed by atoms with Crippen LogP contribution in [0.4, 0.5) is 4.79 Å². The normalized spacial score (nSPS) is 27.4. The number of hydrogen-bond donors (Lipinski definition) is 2. The van der Waals surface area contributed by atoms with Crippen molar-refractivity contribution in [1.82, 2.24) is 20.4 Å². The van der Waals surface area contributed by atoms with E-state index in [0.717, 1.165) is 44.8 Å². The molecule has 2 heterocycles. The Morgan fingerprint density at radius 3 is 2.42 bits per heavy atom. The van der Waals surface area contributed by atoms with E-state index in [1.165, 1.54) is 11.9 Å². The Morgan fingerprint density at radius 1 is 1.15 bits per heavy atom. The molecule has 0 aromatic rings. The molecule has 9 nitrogen and oxygen atoms in total. The van der Waals surface area contributed by atoms with Crippen LogP contribution in [0.3, 0.4) is 0 Å². The number of fused-ring (bicyclic) bond motifs is 1. The van der Waals surface area contributed by atoms with Crippen LogP contribution < -0.4 is 10.6 Å². The van der Waals surface area contributed by atoms with Gasteiger partial charge in [0.05, 0.1) is 6.04 Å². The zero-order valence-electron chi connectivity index (χ0n) is 20.6. The number of carbonyl (C=O) groups excluding carboxylic acids is 4. The molecule has 2 aliphatic heterocycles. The van der Waals surface area contributed by atoms with E-state index >= 15 is 0 Å². The number of likely N-dealkylation sites (N-methyl/N-ethyl adjacent to an activating group) is 1. The van der Waals surface area contributed by atoms with Gasteiger partial charge in [0.1, 0.15) is 24.0 Å². The molecule has 5 atom stereocenters. The summed E-state index contributed by atoms with van der Waals surface area (Å²) in [7, 11) is 1.53. The highest BCUT2D eigenvalue weighted by atomic mass is 16.6. The van der Waals surface area contributed by atoms with Crippen LogP contribution in [0.25, 0.3) is 0 Å². The van der Waals surface area contributed by atoms with Gasteiger partial charge in [0.15, 0.2) is 0 Å². The van der Waals surface area contributed by atoms with Gasteiger partial charge in [-0.15, -0.1) is 0 Å². The zero-order valence-corrected chi connectivity index (χ0v) is 20.6. The molecule has 2 N–H and O–H groups in total. The van der Waals surface area contributed by atoms with Gasteiger partial charge < -0.3 is 25.1 Å². The second-order valence-electron chi connectivity index (χ2n) is 10.8. The first-order valence-electron chi connectivity index (χ1n) is 12.3. The van der Waals surface area contributed by atoms with Crippen molar-refractivity contribution < 1.29 is 23.9 Å². The largest absolute Gasteiger partial charge is 0.444 e. The molecule has 0 bridgehead atoms. The van der Waals surface area contributed by atoms with E-state index < -0.39 is 23.8 Å². The smallest absolute Gasteiger partial charge is 0.410 e. The summed E-state index contributed by atoms with van der Waals surface area (Å²) in [5, 5.41) is 6.34. The van der Waals surface area contributed by atoms with Crippen molar-refractivity contribution in [2.75, 3.05) is 20.1 Å². The van der Waals surface area contributed by atoms with Crippen molar-refractivity contribution in [3.63, 3.8) is 0 Å². The molecule has 2 saturated heterocycles. The minimum Gasteiger partial charge on any atom is -0.444 e. The zero-order chi connectivity index (χ0) is 24.3. The van der Waals surface area contributed by atoms with Crippen molar-refractivity contribution in [1.29, 1.82) is 0 Å². The molecule has 0 aromatic heterocycles. The van der Waals surface area contributed by atoms with Gasteiger partial charge in [-0.25, -0.2) is 4.79 Å². The summed E-state index contributed by atoms with van der Waals surface area (Å²) in [6, 6.07) is -1.47. The molecule has 1 saturated carbocycles. The van der Waals surface area contributed by atoms with Crippen LogP contribution in [0.15, 0.2) is 0 Å². The number of likely N-dealkylation sites (tertiary alicyclic amines) is 1. The number of hydrogen-bond acceptors (Lipinski definition) is 6. The predicted octanol–water partition coefficient (Wildman–Crippen LogP) is 1.69. The summed E-state index contributed by atoms with van der Waals surface area (Å²) >= 11 is 0. The lowest BCUT2D eigenvalue weighted by Crippen LogP contribution is -2.58. The fourth-order valence-electron chi connectivity index (χ4n) is 5.33. The van der Waals surface area contributed by atoms with E-state index in [0.29, 0.717) is 13.1 Å². The third kappa shape index (κ3) is 5.86. The number of rotatable bonds is 6. The molecule has 1 aliphatic carbocycles. The highest BCUT2D eigenvalue weighted by molar-refractivity contribution is 5.91. The third-order valence-electron chi connectivity index (χ3n) is 7.29. The van der Waals surface area contributed by atoms with E-state index in [1.54, 1.807) is 27.7 Å². The van der Waals surface area contributed by atoms with Crippen LogP contribution in [0.1, 0.15) is 66.2 Å². The number of nitrogens with one attached hydrogen (secondary N) is 2. The maximum absolute atomic E-state index is 13.8. The van der Waals surface area contributed by atoms with Gasteiger partial charge in [-0.2, -0.15) is 0 Å². The first-order chi connectivity index (χ1) is 15.5. The molecule has 3 amide bonds. The Labute approximate surface area is 196 Å². The molecule has 3 aliphatic rings. The van der Waals surface area contributed by atoms with E-state index in [-0.39, 0.29) is 35.7 Å². The Kier molecular flexibility index (Phi) is 8.03. The number of nitrogens with zero attached hydrogens (tertiary/aromatic N) is 2. The topological polar surface area (TPSA) is 108 Å². The first kappa shape index (κ1) is 25.5. The van der Waals surface area contributed by atoms with E-state index in [4.69, 9.17) is 4.74 Å². The summed E-state index contributed by atoms with van der Waals surface area (Å²) in [5.74, 6) is -0.649. The molecule has 9 heteroatoms. The van der Waals surface area contributed by atoms with Gasteiger partial charge in [-0.1, -0.05) is 19.3 Å². The van der Waals surface area contributed by atoms with Gasteiger partial charge in [-0.05, 0) is 52.9 Å². The molecule has 33 heavy (non-hydrogen) atoms. The quantitative estimate of drug-likeness (QED) is 0.579. The predicted molar refractivity (Wildman–Crippen MR) is 123 cm³/mol. The second-order valence-corrected chi connectivity index (χ2v) is 10.8. The van der Waals surface area contributed by atoms with Crippen LogP contribution in [0, 0.1) is 11.8 Å². The van der Waals surface area contributed by atoms with Crippen molar-refractivity contribution in [3.05, 3.63) is 0 Å². The fourth-order valence-corrected chi connectivity index (χ4v) is 5.33. The maximum Gasteiger partial charge on any atom is 0.410 e. The molecule has 186 valence electrons.